The lowest BCUT2D eigenvalue weighted by molar-refractivity contribution is 0.0734. The lowest BCUT2D eigenvalue weighted by Gasteiger charge is -2.06. The number of methoxy groups -OCH3 is 1. The van der Waals surface area contributed by atoms with E-state index in [2.05, 4.69) is 0 Å². The van der Waals surface area contributed by atoms with Crippen LogP contribution in [-0.2, 0) is 0 Å². The van der Waals surface area contributed by atoms with Crippen molar-refractivity contribution in [2.75, 3.05) is 7.11 Å². The van der Waals surface area contributed by atoms with Crippen molar-refractivity contribution < 1.29 is 23.0 Å². The molecule has 2 rings (SSSR count). The summed E-state index contributed by atoms with van der Waals surface area (Å²) in [5, 5.41) is 8.55. The molecule has 0 aromatic heterocycles. The van der Waals surface area contributed by atoms with E-state index in [0.29, 0.717) is 5.75 Å². The first-order chi connectivity index (χ1) is 10.0. The summed E-state index contributed by atoms with van der Waals surface area (Å²) >= 11 is 0. The number of nitrogens with zero attached hydrogens (tertiary/aromatic N) is 1. The third-order valence-electron chi connectivity index (χ3n) is 2.66. The van der Waals surface area contributed by atoms with Gasteiger partial charge in [-0.15, -0.1) is 0 Å². The highest BCUT2D eigenvalue weighted by Gasteiger charge is 2.14. The fourth-order valence-corrected chi connectivity index (χ4v) is 1.61. The SMILES string of the molecule is COc1ccc(C(=O)Oc2cc(F)c(C#N)c(F)c2)cc1. The summed E-state index contributed by atoms with van der Waals surface area (Å²) in [6.45, 7) is 0. The number of rotatable bonds is 3. The summed E-state index contributed by atoms with van der Waals surface area (Å²) < 4.78 is 36.6. The summed E-state index contributed by atoms with van der Waals surface area (Å²) in [6, 6.07) is 8.96. The molecule has 0 aliphatic carbocycles. The normalized spacial score (nSPS) is 9.81. The molecule has 2 aromatic carbocycles. The molecule has 21 heavy (non-hydrogen) atoms. The van der Waals surface area contributed by atoms with Gasteiger partial charge < -0.3 is 9.47 Å². The maximum absolute atomic E-state index is 13.4. The highest BCUT2D eigenvalue weighted by atomic mass is 19.1. The maximum atomic E-state index is 13.4. The molecule has 0 aliphatic rings. The first-order valence-corrected chi connectivity index (χ1v) is 5.80. The molecule has 0 atom stereocenters. The fourth-order valence-electron chi connectivity index (χ4n) is 1.61. The minimum Gasteiger partial charge on any atom is -0.497 e. The molecule has 0 spiro atoms. The molecule has 0 N–H and O–H groups in total. The Morgan fingerprint density at radius 2 is 1.67 bits per heavy atom. The topological polar surface area (TPSA) is 59.3 Å². The molecule has 0 radical (unpaired) electrons. The summed E-state index contributed by atoms with van der Waals surface area (Å²) in [7, 11) is 1.48. The molecule has 0 heterocycles. The van der Waals surface area contributed by atoms with Crippen molar-refractivity contribution >= 4 is 5.97 Å². The molecule has 4 nitrogen and oxygen atoms in total. The number of carbonyl (C=O) groups excluding carboxylic acids is 1. The number of hydrogen-bond donors (Lipinski definition) is 0. The molecular weight excluding hydrogens is 280 g/mol. The number of benzene rings is 2. The molecule has 6 heteroatoms. The van der Waals surface area contributed by atoms with Gasteiger partial charge in [0.1, 0.15) is 34.8 Å². The molecule has 0 fully saturated rings. The van der Waals surface area contributed by atoms with Crippen LogP contribution in [0.1, 0.15) is 15.9 Å². The molecule has 0 bridgehead atoms. The third-order valence-corrected chi connectivity index (χ3v) is 2.66. The highest BCUT2D eigenvalue weighted by Crippen LogP contribution is 2.21. The Morgan fingerprint density at radius 3 is 2.14 bits per heavy atom. The van der Waals surface area contributed by atoms with Gasteiger partial charge in [0.25, 0.3) is 0 Å². The van der Waals surface area contributed by atoms with Crippen LogP contribution in [0, 0.1) is 23.0 Å². The van der Waals surface area contributed by atoms with Crippen LogP contribution in [0.3, 0.4) is 0 Å². The molecule has 0 saturated carbocycles. The second-order valence-electron chi connectivity index (χ2n) is 3.99. The van der Waals surface area contributed by atoms with Gasteiger partial charge in [0, 0.05) is 12.1 Å². The van der Waals surface area contributed by atoms with Gasteiger partial charge in [-0.1, -0.05) is 0 Å². The quantitative estimate of drug-likeness (QED) is 0.643. The number of carbonyl (C=O) groups is 1. The molecule has 0 saturated heterocycles. The van der Waals surface area contributed by atoms with Crippen LogP contribution < -0.4 is 9.47 Å². The zero-order valence-electron chi connectivity index (χ0n) is 10.9. The van der Waals surface area contributed by atoms with Gasteiger partial charge >= 0.3 is 5.97 Å². The molecular formula is C15H9F2NO3. The number of halogens is 2. The first kappa shape index (κ1) is 14.5. The molecule has 106 valence electrons. The predicted octanol–water partition coefficient (Wildman–Crippen LogP) is 3.06. The largest absolute Gasteiger partial charge is 0.497 e. The smallest absolute Gasteiger partial charge is 0.343 e. The van der Waals surface area contributed by atoms with Gasteiger partial charge in [-0.05, 0) is 24.3 Å². The summed E-state index contributed by atoms with van der Waals surface area (Å²) in [6.07, 6.45) is 0. The Labute approximate surface area is 119 Å². The van der Waals surface area contributed by atoms with E-state index >= 15 is 0 Å². The van der Waals surface area contributed by atoms with E-state index in [-0.39, 0.29) is 11.3 Å². The van der Waals surface area contributed by atoms with Crippen molar-refractivity contribution in [3.8, 4) is 17.6 Å². The molecule has 0 unspecified atom stereocenters. The van der Waals surface area contributed by atoms with Gasteiger partial charge in [0.15, 0.2) is 0 Å². The van der Waals surface area contributed by atoms with Crippen LogP contribution in [0.2, 0.25) is 0 Å². The molecule has 0 aliphatic heterocycles. The van der Waals surface area contributed by atoms with Crippen molar-refractivity contribution in [1.82, 2.24) is 0 Å². The van der Waals surface area contributed by atoms with E-state index in [0.717, 1.165) is 12.1 Å². The van der Waals surface area contributed by atoms with Crippen LogP contribution in [0.15, 0.2) is 36.4 Å². The number of esters is 1. The lowest BCUT2D eigenvalue weighted by Crippen LogP contribution is -2.09. The van der Waals surface area contributed by atoms with E-state index in [4.69, 9.17) is 14.7 Å². The van der Waals surface area contributed by atoms with Crippen LogP contribution >= 0.6 is 0 Å². The van der Waals surface area contributed by atoms with Crippen LogP contribution in [0.25, 0.3) is 0 Å². The average molecular weight is 289 g/mol. The zero-order chi connectivity index (χ0) is 15.4. The Balaban J connectivity index is 2.21. The molecule has 0 amide bonds. The standard InChI is InChI=1S/C15H9F2NO3/c1-20-10-4-2-9(3-5-10)15(19)21-11-6-13(16)12(8-18)14(17)7-11/h2-7H,1H3. The third kappa shape index (κ3) is 3.15. The zero-order valence-corrected chi connectivity index (χ0v) is 10.9. The van der Waals surface area contributed by atoms with Crippen molar-refractivity contribution in [3.63, 3.8) is 0 Å². The monoisotopic (exact) mass is 289 g/mol. The first-order valence-electron chi connectivity index (χ1n) is 5.80. The summed E-state index contributed by atoms with van der Waals surface area (Å²) in [5.74, 6) is -2.71. The van der Waals surface area contributed by atoms with Crippen LogP contribution in [-0.4, -0.2) is 13.1 Å². The van der Waals surface area contributed by atoms with E-state index in [1.165, 1.54) is 25.3 Å². The maximum Gasteiger partial charge on any atom is 0.343 e. The van der Waals surface area contributed by atoms with Crippen molar-refractivity contribution in [2.45, 2.75) is 0 Å². The van der Waals surface area contributed by atoms with E-state index in [1.54, 1.807) is 12.1 Å². The van der Waals surface area contributed by atoms with Crippen LogP contribution in [0.5, 0.6) is 11.5 Å². The number of nitriles is 1. The Hall–Kier alpha value is -2.94. The Bertz CT molecular complexity index is 698. The minimum atomic E-state index is -1.09. The molecule has 2 aromatic rings. The van der Waals surface area contributed by atoms with E-state index in [1.807, 2.05) is 0 Å². The summed E-state index contributed by atoms with van der Waals surface area (Å²) in [4.78, 5) is 11.8. The fraction of sp³-hybridized carbons (Fsp3) is 0.0667. The van der Waals surface area contributed by atoms with Crippen LogP contribution in [0.4, 0.5) is 8.78 Å². The van der Waals surface area contributed by atoms with Gasteiger partial charge in [-0.2, -0.15) is 5.26 Å². The summed E-state index contributed by atoms with van der Waals surface area (Å²) in [5.41, 5.74) is -0.528. The average Bonchev–Trinajstić information content (AvgIpc) is 2.47. The van der Waals surface area contributed by atoms with Gasteiger partial charge in [-0.25, -0.2) is 13.6 Å². The van der Waals surface area contributed by atoms with Crippen molar-refractivity contribution in [3.05, 3.63) is 59.2 Å². The second kappa shape index (κ2) is 6.01. The minimum absolute atomic E-state index is 0.195. The number of hydrogen-bond acceptors (Lipinski definition) is 4. The van der Waals surface area contributed by atoms with Crippen molar-refractivity contribution in [2.24, 2.45) is 0 Å². The van der Waals surface area contributed by atoms with Gasteiger partial charge in [-0.3, -0.25) is 0 Å². The van der Waals surface area contributed by atoms with Crippen molar-refractivity contribution in [1.29, 1.82) is 5.26 Å². The van der Waals surface area contributed by atoms with E-state index < -0.39 is 23.2 Å². The predicted molar refractivity (Wildman–Crippen MR) is 69.0 cm³/mol. The Morgan fingerprint density at radius 1 is 1.10 bits per heavy atom. The second-order valence-corrected chi connectivity index (χ2v) is 3.99. The Kier molecular flexibility index (Phi) is 4.14. The lowest BCUT2D eigenvalue weighted by atomic mass is 10.2. The number of ether oxygens (including phenoxy) is 2. The van der Waals surface area contributed by atoms with E-state index in [9.17, 15) is 13.6 Å². The highest BCUT2D eigenvalue weighted by molar-refractivity contribution is 5.91. The van der Waals surface area contributed by atoms with Gasteiger partial charge in [0.05, 0.1) is 12.7 Å². The van der Waals surface area contributed by atoms with Gasteiger partial charge in [0.2, 0.25) is 0 Å².